The van der Waals surface area contributed by atoms with Crippen LogP contribution >= 0.6 is 23.2 Å². The summed E-state index contributed by atoms with van der Waals surface area (Å²) in [7, 11) is 0. The summed E-state index contributed by atoms with van der Waals surface area (Å²) in [5.74, 6) is -0.157. The number of hydrogen-bond acceptors (Lipinski definition) is 2. The van der Waals surface area contributed by atoms with Gasteiger partial charge in [-0.2, -0.15) is 0 Å². The highest BCUT2D eigenvalue weighted by atomic mass is 35.5. The van der Waals surface area contributed by atoms with Gasteiger partial charge in [-0.25, -0.2) is 0 Å². The van der Waals surface area contributed by atoms with Gasteiger partial charge in [0, 0.05) is 12.6 Å². The van der Waals surface area contributed by atoms with E-state index in [2.05, 4.69) is 5.32 Å². The number of carbonyl (C=O) groups excluding carboxylic acids is 2. The molecule has 0 aromatic heterocycles. The highest BCUT2D eigenvalue weighted by Gasteiger charge is 2.30. The van der Waals surface area contributed by atoms with Crippen molar-refractivity contribution in [2.24, 2.45) is 0 Å². The lowest BCUT2D eigenvalue weighted by atomic mass is 10.1. The number of benzene rings is 2. The number of carbonyl (C=O) groups is 2. The third-order valence-corrected chi connectivity index (χ3v) is 6.64. The molecular formula is C25H30Cl2N2O2. The second-order valence-electron chi connectivity index (χ2n) is 8.35. The number of rotatable bonds is 8. The highest BCUT2D eigenvalue weighted by molar-refractivity contribution is 6.42. The van der Waals surface area contributed by atoms with E-state index in [1.165, 1.54) is 0 Å². The van der Waals surface area contributed by atoms with Crippen LogP contribution < -0.4 is 5.32 Å². The summed E-state index contributed by atoms with van der Waals surface area (Å²) in [4.78, 5) is 28.2. The predicted octanol–water partition coefficient (Wildman–Crippen LogP) is 5.71. The van der Waals surface area contributed by atoms with Crippen LogP contribution in [0, 0.1) is 6.92 Å². The Bertz CT molecular complexity index is 908. The molecule has 0 spiro atoms. The molecule has 6 heteroatoms. The minimum absolute atomic E-state index is 0.0771. The van der Waals surface area contributed by atoms with Crippen LogP contribution in [0.3, 0.4) is 0 Å². The van der Waals surface area contributed by atoms with E-state index in [0.717, 1.165) is 42.4 Å². The zero-order valence-electron chi connectivity index (χ0n) is 18.2. The summed E-state index contributed by atoms with van der Waals surface area (Å²) in [6.07, 6.45) is 5.08. The van der Waals surface area contributed by atoms with E-state index < -0.39 is 6.04 Å². The number of amides is 2. The predicted molar refractivity (Wildman–Crippen MR) is 126 cm³/mol. The van der Waals surface area contributed by atoms with Gasteiger partial charge in [0.05, 0.1) is 16.5 Å². The highest BCUT2D eigenvalue weighted by Crippen LogP contribution is 2.25. The molecule has 2 aromatic rings. The van der Waals surface area contributed by atoms with E-state index in [1.807, 2.05) is 44.2 Å². The Hall–Kier alpha value is -2.04. The number of nitrogens with zero attached hydrogens (tertiary/aromatic N) is 1. The SMILES string of the molecule is CCC(C(=O)NC1CCCC1)N(Cc1ccc(Cl)c(Cl)c1)C(=O)Cc1ccc(C)cc1. The molecule has 1 N–H and O–H groups in total. The first-order valence-electron chi connectivity index (χ1n) is 11.0. The van der Waals surface area contributed by atoms with E-state index in [0.29, 0.717) is 23.0 Å². The normalized spacial score (nSPS) is 15.0. The Balaban J connectivity index is 1.83. The zero-order valence-corrected chi connectivity index (χ0v) is 19.7. The maximum atomic E-state index is 13.4. The van der Waals surface area contributed by atoms with Gasteiger partial charge in [0.15, 0.2) is 0 Å². The van der Waals surface area contributed by atoms with Crippen molar-refractivity contribution in [1.29, 1.82) is 0 Å². The van der Waals surface area contributed by atoms with Crippen LogP contribution in [0.2, 0.25) is 10.0 Å². The van der Waals surface area contributed by atoms with Crippen LogP contribution in [0.15, 0.2) is 42.5 Å². The first-order valence-corrected chi connectivity index (χ1v) is 11.7. The smallest absolute Gasteiger partial charge is 0.243 e. The molecule has 0 radical (unpaired) electrons. The second kappa shape index (κ2) is 11.0. The summed E-state index contributed by atoms with van der Waals surface area (Å²) in [6, 6.07) is 12.9. The van der Waals surface area contributed by atoms with Gasteiger partial charge in [0.25, 0.3) is 0 Å². The van der Waals surface area contributed by atoms with Crippen molar-refractivity contribution < 1.29 is 9.59 Å². The van der Waals surface area contributed by atoms with Gasteiger partial charge in [-0.15, -0.1) is 0 Å². The Morgan fingerprint density at radius 3 is 2.29 bits per heavy atom. The molecule has 31 heavy (non-hydrogen) atoms. The monoisotopic (exact) mass is 460 g/mol. The zero-order chi connectivity index (χ0) is 22.4. The van der Waals surface area contributed by atoms with Crippen LogP contribution in [0.25, 0.3) is 0 Å². The topological polar surface area (TPSA) is 49.4 Å². The minimum Gasteiger partial charge on any atom is -0.352 e. The molecule has 0 aliphatic heterocycles. The number of nitrogens with one attached hydrogen (secondary N) is 1. The van der Waals surface area contributed by atoms with Crippen molar-refractivity contribution in [2.45, 2.75) is 71.0 Å². The maximum absolute atomic E-state index is 13.4. The molecule has 1 aliphatic carbocycles. The van der Waals surface area contributed by atoms with Crippen molar-refractivity contribution in [1.82, 2.24) is 10.2 Å². The fraction of sp³-hybridized carbons (Fsp3) is 0.440. The van der Waals surface area contributed by atoms with Crippen LogP contribution in [0.1, 0.15) is 55.7 Å². The summed E-state index contributed by atoms with van der Waals surface area (Å²) < 4.78 is 0. The third-order valence-electron chi connectivity index (χ3n) is 5.90. The van der Waals surface area contributed by atoms with Gasteiger partial charge in [-0.3, -0.25) is 9.59 Å². The molecule has 0 saturated heterocycles. The van der Waals surface area contributed by atoms with Crippen LogP contribution in [-0.4, -0.2) is 28.8 Å². The summed E-state index contributed by atoms with van der Waals surface area (Å²) >= 11 is 12.3. The van der Waals surface area contributed by atoms with Crippen molar-refractivity contribution in [3.8, 4) is 0 Å². The van der Waals surface area contributed by atoms with E-state index in [4.69, 9.17) is 23.2 Å². The summed E-state index contributed by atoms with van der Waals surface area (Å²) in [6.45, 7) is 4.26. The van der Waals surface area contributed by atoms with Crippen LogP contribution in [0.5, 0.6) is 0 Å². The molecule has 0 heterocycles. The van der Waals surface area contributed by atoms with Crippen molar-refractivity contribution in [3.05, 3.63) is 69.2 Å². The maximum Gasteiger partial charge on any atom is 0.243 e. The fourth-order valence-corrected chi connectivity index (χ4v) is 4.42. The Morgan fingerprint density at radius 1 is 1.03 bits per heavy atom. The summed E-state index contributed by atoms with van der Waals surface area (Å²) in [5.41, 5.74) is 2.92. The average Bonchev–Trinajstić information content (AvgIpc) is 3.25. The molecule has 1 atom stereocenters. The molecule has 1 unspecified atom stereocenters. The number of aryl methyl sites for hydroxylation is 1. The molecule has 2 amide bonds. The molecule has 2 aromatic carbocycles. The van der Waals surface area contributed by atoms with Crippen molar-refractivity contribution in [3.63, 3.8) is 0 Å². The first-order chi connectivity index (χ1) is 14.9. The van der Waals surface area contributed by atoms with Gasteiger partial charge in [0.2, 0.25) is 11.8 Å². The van der Waals surface area contributed by atoms with Crippen LogP contribution in [-0.2, 0) is 22.6 Å². The molecule has 166 valence electrons. The van der Waals surface area contributed by atoms with Gasteiger partial charge >= 0.3 is 0 Å². The lowest BCUT2D eigenvalue weighted by Crippen LogP contribution is -2.51. The molecule has 0 bridgehead atoms. The largest absolute Gasteiger partial charge is 0.352 e. The van der Waals surface area contributed by atoms with Crippen LogP contribution in [0.4, 0.5) is 0 Å². The lowest BCUT2D eigenvalue weighted by molar-refractivity contribution is -0.141. The van der Waals surface area contributed by atoms with E-state index in [-0.39, 0.29) is 24.3 Å². The molecule has 1 saturated carbocycles. The Kier molecular flexibility index (Phi) is 8.39. The second-order valence-corrected chi connectivity index (χ2v) is 9.16. The quantitative estimate of drug-likeness (QED) is 0.548. The Morgan fingerprint density at radius 2 is 1.68 bits per heavy atom. The van der Waals surface area contributed by atoms with E-state index in [1.54, 1.807) is 17.0 Å². The fourth-order valence-electron chi connectivity index (χ4n) is 4.10. The third kappa shape index (κ3) is 6.47. The molecular weight excluding hydrogens is 431 g/mol. The summed E-state index contributed by atoms with van der Waals surface area (Å²) in [5, 5.41) is 4.07. The lowest BCUT2D eigenvalue weighted by Gasteiger charge is -2.31. The number of halogens is 2. The number of hydrogen-bond donors (Lipinski definition) is 1. The minimum atomic E-state index is -0.534. The Labute approximate surface area is 194 Å². The van der Waals surface area contributed by atoms with E-state index in [9.17, 15) is 9.59 Å². The molecule has 4 nitrogen and oxygen atoms in total. The van der Waals surface area contributed by atoms with Gasteiger partial charge < -0.3 is 10.2 Å². The standard InChI is InChI=1S/C25H30Cl2N2O2/c1-3-23(25(31)28-20-6-4-5-7-20)29(16-19-12-13-21(26)22(27)14-19)24(30)15-18-10-8-17(2)9-11-18/h8-14,20,23H,3-7,15-16H2,1-2H3,(H,28,31). The van der Waals surface area contributed by atoms with Gasteiger partial charge in [-0.05, 0) is 49.4 Å². The van der Waals surface area contributed by atoms with Crippen molar-refractivity contribution >= 4 is 35.0 Å². The molecule has 3 rings (SSSR count). The van der Waals surface area contributed by atoms with E-state index >= 15 is 0 Å². The van der Waals surface area contributed by atoms with Gasteiger partial charge in [-0.1, -0.05) is 78.9 Å². The average molecular weight is 461 g/mol. The first kappa shape index (κ1) is 23.6. The molecule has 1 aliphatic rings. The van der Waals surface area contributed by atoms with Gasteiger partial charge in [0.1, 0.15) is 6.04 Å². The van der Waals surface area contributed by atoms with Crippen molar-refractivity contribution in [2.75, 3.05) is 0 Å². The molecule has 1 fully saturated rings.